The summed E-state index contributed by atoms with van der Waals surface area (Å²) in [6.07, 6.45) is 6.55. The van der Waals surface area contributed by atoms with E-state index < -0.39 is 0 Å². The van der Waals surface area contributed by atoms with Gasteiger partial charge in [-0.25, -0.2) is 4.68 Å². The molecule has 1 unspecified atom stereocenters. The molecule has 1 saturated heterocycles. The summed E-state index contributed by atoms with van der Waals surface area (Å²) in [5, 5.41) is 8.64. The lowest BCUT2D eigenvalue weighted by molar-refractivity contribution is 0.377. The van der Waals surface area contributed by atoms with E-state index >= 15 is 0 Å². The van der Waals surface area contributed by atoms with Gasteiger partial charge in [0, 0.05) is 23.9 Å². The molecule has 1 aromatic carbocycles. The molecule has 1 aromatic heterocycles. The molecule has 0 spiro atoms. The molecule has 2 aromatic rings. The molecule has 1 fully saturated rings. The van der Waals surface area contributed by atoms with Gasteiger partial charge >= 0.3 is 0 Å². The summed E-state index contributed by atoms with van der Waals surface area (Å²) >= 11 is 0. The predicted molar refractivity (Wildman–Crippen MR) is 88.1 cm³/mol. The molecule has 1 aliphatic carbocycles. The number of para-hydroxylation sites is 1. The van der Waals surface area contributed by atoms with E-state index in [0.717, 1.165) is 23.9 Å². The third kappa shape index (κ3) is 1.90. The second-order valence-electron chi connectivity index (χ2n) is 6.31. The van der Waals surface area contributed by atoms with Gasteiger partial charge in [-0.3, -0.25) is 0 Å². The van der Waals surface area contributed by atoms with Gasteiger partial charge in [-0.2, -0.15) is 0 Å². The Morgan fingerprint density at radius 3 is 2.91 bits per heavy atom. The topological polar surface area (TPSA) is 34.0 Å². The first kappa shape index (κ1) is 13.3. The molecule has 22 heavy (non-hydrogen) atoms. The molecule has 0 amide bonds. The third-order valence-corrected chi connectivity index (χ3v) is 4.48. The molecule has 4 nitrogen and oxygen atoms in total. The maximum atomic E-state index is 4.36. The highest BCUT2D eigenvalue weighted by Crippen LogP contribution is 2.41. The Morgan fingerprint density at radius 2 is 2.09 bits per heavy atom. The maximum Gasteiger partial charge on any atom is 0.113 e. The summed E-state index contributed by atoms with van der Waals surface area (Å²) in [7, 11) is 0. The summed E-state index contributed by atoms with van der Waals surface area (Å²) in [6.45, 7) is 8.66. The van der Waals surface area contributed by atoms with Crippen molar-refractivity contribution in [1.82, 2.24) is 19.9 Å². The van der Waals surface area contributed by atoms with Crippen LogP contribution >= 0.6 is 0 Å². The van der Waals surface area contributed by atoms with E-state index in [2.05, 4.69) is 53.9 Å². The van der Waals surface area contributed by atoms with E-state index in [-0.39, 0.29) is 6.04 Å². The Balaban J connectivity index is 1.71. The van der Waals surface area contributed by atoms with Crippen LogP contribution in [-0.2, 0) is 0 Å². The van der Waals surface area contributed by atoms with Crippen LogP contribution in [0.25, 0.3) is 11.0 Å². The standard InChI is InChI=1S/C18H20N4/c1-12(2)21-13(3)10-14-11-15(8-9-17(14)21)22-18-7-5-4-6-16(18)19-20-22/h4-7,9,11-12,15H,3,8,10H2,1-2H3. The van der Waals surface area contributed by atoms with Crippen LogP contribution in [0, 0.1) is 0 Å². The molecule has 0 saturated carbocycles. The second kappa shape index (κ2) is 4.83. The number of likely N-dealkylation sites (tertiary alicyclic amines) is 1. The average Bonchev–Trinajstić information content (AvgIpc) is 3.06. The highest BCUT2D eigenvalue weighted by atomic mass is 15.4. The Hall–Kier alpha value is -2.36. The minimum atomic E-state index is 0.242. The molecule has 0 bridgehead atoms. The van der Waals surface area contributed by atoms with Crippen molar-refractivity contribution in [3.63, 3.8) is 0 Å². The SMILES string of the molecule is C=C1CC2=CC(n3nnc4ccccc43)CC=C2N1C(C)C. The summed E-state index contributed by atoms with van der Waals surface area (Å²) in [6, 6.07) is 8.83. The van der Waals surface area contributed by atoms with Crippen LogP contribution in [0.4, 0.5) is 0 Å². The highest BCUT2D eigenvalue weighted by Gasteiger charge is 2.31. The Morgan fingerprint density at radius 1 is 1.27 bits per heavy atom. The minimum absolute atomic E-state index is 0.242. The molecule has 1 atom stereocenters. The van der Waals surface area contributed by atoms with E-state index in [0.29, 0.717) is 6.04 Å². The molecular weight excluding hydrogens is 272 g/mol. The van der Waals surface area contributed by atoms with Crippen molar-refractivity contribution in [1.29, 1.82) is 0 Å². The van der Waals surface area contributed by atoms with E-state index in [9.17, 15) is 0 Å². The summed E-state index contributed by atoms with van der Waals surface area (Å²) in [4.78, 5) is 2.35. The van der Waals surface area contributed by atoms with Crippen LogP contribution in [0.5, 0.6) is 0 Å². The van der Waals surface area contributed by atoms with Crippen LogP contribution in [-0.4, -0.2) is 25.9 Å². The van der Waals surface area contributed by atoms with Gasteiger partial charge in [0.1, 0.15) is 5.52 Å². The lowest BCUT2D eigenvalue weighted by atomic mass is 9.99. The molecule has 1 aliphatic heterocycles. The largest absolute Gasteiger partial charge is 0.343 e. The molecular formula is C18H20N4. The van der Waals surface area contributed by atoms with Crippen molar-refractivity contribution in [3.8, 4) is 0 Å². The van der Waals surface area contributed by atoms with Gasteiger partial charge in [0.05, 0.1) is 11.6 Å². The number of fused-ring (bicyclic) bond motifs is 2. The third-order valence-electron chi connectivity index (χ3n) is 4.48. The number of allylic oxidation sites excluding steroid dienone is 4. The molecule has 4 rings (SSSR count). The van der Waals surface area contributed by atoms with Gasteiger partial charge in [0.25, 0.3) is 0 Å². The maximum absolute atomic E-state index is 4.36. The highest BCUT2D eigenvalue weighted by molar-refractivity contribution is 5.74. The van der Waals surface area contributed by atoms with Gasteiger partial charge < -0.3 is 4.90 Å². The van der Waals surface area contributed by atoms with E-state index in [1.54, 1.807) is 0 Å². The molecule has 2 heterocycles. The van der Waals surface area contributed by atoms with Gasteiger partial charge in [-0.1, -0.05) is 36.1 Å². The van der Waals surface area contributed by atoms with Crippen LogP contribution in [0.2, 0.25) is 0 Å². The summed E-state index contributed by atoms with van der Waals surface area (Å²) in [5.41, 5.74) is 5.95. The Bertz CT molecular complexity index is 809. The number of rotatable bonds is 2. The molecule has 4 heteroatoms. The van der Waals surface area contributed by atoms with Gasteiger partial charge in [-0.15, -0.1) is 5.10 Å². The van der Waals surface area contributed by atoms with Crippen molar-refractivity contribution in [2.75, 3.05) is 0 Å². The monoisotopic (exact) mass is 292 g/mol. The first-order valence-electron chi connectivity index (χ1n) is 7.83. The molecule has 112 valence electrons. The van der Waals surface area contributed by atoms with Crippen LogP contribution in [0.1, 0.15) is 32.7 Å². The average molecular weight is 292 g/mol. The van der Waals surface area contributed by atoms with Crippen LogP contribution in [0.3, 0.4) is 0 Å². The smallest absolute Gasteiger partial charge is 0.113 e. The van der Waals surface area contributed by atoms with Crippen molar-refractivity contribution < 1.29 is 0 Å². The number of benzene rings is 1. The minimum Gasteiger partial charge on any atom is -0.343 e. The van der Waals surface area contributed by atoms with Crippen molar-refractivity contribution in [2.45, 2.75) is 38.8 Å². The van der Waals surface area contributed by atoms with Crippen molar-refractivity contribution in [3.05, 3.63) is 60.0 Å². The fourth-order valence-electron chi connectivity index (χ4n) is 3.57. The van der Waals surface area contributed by atoms with Crippen molar-refractivity contribution in [2.24, 2.45) is 0 Å². The van der Waals surface area contributed by atoms with E-state index in [1.165, 1.54) is 17.0 Å². The van der Waals surface area contributed by atoms with E-state index in [4.69, 9.17) is 0 Å². The summed E-state index contributed by atoms with van der Waals surface area (Å²) < 4.78 is 2.04. The molecule has 0 N–H and O–H groups in total. The molecule has 2 aliphatic rings. The zero-order valence-electron chi connectivity index (χ0n) is 13.0. The fraction of sp³-hybridized carbons (Fsp3) is 0.333. The number of hydrogen-bond acceptors (Lipinski definition) is 3. The van der Waals surface area contributed by atoms with Gasteiger partial charge in [-0.05, 0) is 38.0 Å². The van der Waals surface area contributed by atoms with Crippen LogP contribution in [0.15, 0.2) is 60.0 Å². The van der Waals surface area contributed by atoms with Gasteiger partial charge in [0.15, 0.2) is 0 Å². The Labute approximate surface area is 130 Å². The lowest BCUT2D eigenvalue weighted by Crippen LogP contribution is -2.25. The Kier molecular flexibility index (Phi) is 2.93. The number of nitrogens with zero attached hydrogens (tertiary/aromatic N) is 4. The normalized spacial score (nSPS) is 21.3. The zero-order chi connectivity index (χ0) is 15.3. The molecule has 0 radical (unpaired) electrons. The first-order chi connectivity index (χ1) is 10.6. The zero-order valence-corrected chi connectivity index (χ0v) is 13.0. The first-order valence-corrected chi connectivity index (χ1v) is 7.83. The van der Waals surface area contributed by atoms with Crippen molar-refractivity contribution >= 4 is 11.0 Å². The van der Waals surface area contributed by atoms with Gasteiger partial charge in [0.2, 0.25) is 0 Å². The number of aromatic nitrogens is 3. The van der Waals surface area contributed by atoms with Crippen LogP contribution < -0.4 is 0 Å². The van der Waals surface area contributed by atoms with E-state index in [1.807, 2.05) is 22.9 Å². The fourth-order valence-corrected chi connectivity index (χ4v) is 3.57. The second-order valence-corrected chi connectivity index (χ2v) is 6.31. The lowest BCUT2D eigenvalue weighted by Gasteiger charge is -2.28. The number of hydrogen-bond donors (Lipinski definition) is 0. The predicted octanol–water partition coefficient (Wildman–Crippen LogP) is 3.81. The summed E-state index contributed by atoms with van der Waals surface area (Å²) in [5.74, 6) is 0. The quantitative estimate of drug-likeness (QED) is 0.844.